The number of hydrogen-bond donors (Lipinski definition) is 0. The highest BCUT2D eigenvalue weighted by molar-refractivity contribution is 7.27. The van der Waals surface area contributed by atoms with Gasteiger partial charge in [0.25, 0.3) is 0 Å². The normalized spacial score (nSPS) is 12.1. The Morgan fingerprint density at radius 2 is 0.831 bits per heavy atom. The van der Waals surface area contributed by atoms with E-state index in [2.05, 4.69) is 187 Å². The van der Waals surface area contributed by atoms with Crippen molar-refractivity contribution in [2.45, 2.75) is 0 Å². The molecule has 274 valence electrons. The molecule has 4 aromatic heterocycles. The highest BCUT2D eigenvalue weighted by Gasteiger charge is 2.23. The van der Waals surface area contributed by atoms with Crippen molar-refractivity contribution in [1.29, 1.82) is 0 Å². The number of fused-ring (bicyclic) bond motifs is 13. The zero-order chi connectivity index (χ0) is 38.6. The van der Waals surface area contributed by atoms with Gasteiger partial charge in [0, 0.05) is 73.5 Å². The smallest absolute Gasteiger partial charge is 0.164 e. The second kappa shape index (κ2) is 12.6. The topological polar surface area (TPSA) is 43.6 Å². The van der Waals surface area contributed by atoms with Crippen LogP contribution in [-0.4, -0.2) is 19.5 Å². The van der Waals surface area contributed by atoms with Crippen LogP contribution in [0.5, 0.6) is 0 Å². The van der Waals surface area contributed by atoms with Crippen molar-refractivity contribution in [3.63, 3.8) is 0 Å². The van der Waals surface area contributed by atoms with Gasteiger partial charge in [0.1, 0.15) is 0 Å². The van der Waals surface area contributed by atoms with Crippen LogP contribution in [0, 0.1) is 0 Å². The van der Waals surface area contributed by atoms with E-state index in [4.69, 9.17) is 15.0 Å². The van der Waals surface area contributed by atoms with Crippen LogP contribution in [0.4, 0.5) is 0 Å². The fourth-order valence-corrected chi connectivity index (χ4v) is 11.7. The lowest BCUT2D eigenvalue weighted by Crippen LogP contribution is -2.01. The van der Waals surface area contributed by atoms with Gasteiger partial charge in [0.2, 0.25) is 0 Å². The van der Waals surface area contributed by atoms with Gasteiger partial charge in [-0.3, -0.25) is 0 Å². The Hall–Kier alpha value is -7.25. The second-order valence-corrected chi connectivity index (χ2v) is 17.2. The molecule has 0 saturated carbocycles. The first-order chi connectivity index (χ1) is 29.2. The predicted octanol–water partition coefficient (Wildman–Crippen LogP) is 15.0. The molecule has 4 nitrogen and oxygen atoms in total. The number of thiophene rings is 2. The van der Waals surface area contributed by atoms with E-state index in [1.807, 2.05) is 22.7 Å². The first kappa shape index (κ1) is 32.8. The Balaban J connectivity index is 1.15. The van der Waals surface area contributed by atoms with Gasteiger partial charge < -0.3 is 4.57 Å². The van der Waals surface area contributed by atoms with E-state index >= 15 is 0 Å². The SMILES string of the molecule is c1ccc(-n2c3ccccc3c3cc(-c4nc(-c5cc6ccccc6c6sc7ccccc7c56)nc(-c5cc6ccccc6c6sc7ccccc7c56)n4)ccc32)cc1. The van der Waals surface area contributed by atoms with Crippen molar-refractivity contribution in [3.05, 3.63) is 182 Å². The number of para-hydroxylation sites is 2. The van der Waals surface area contributed by atoms with Gasteiger partial charge in [-0.2, -0.15) is 0 Å². The molecule has 59 heavy (non-hydrogen) atoms. The van der Waals surface area contributed by atoms with Gasteiger partial charge in [-0.25, -0.2) is 15.0 Å². The Kier molecular flexibility index (Phi) is 7.02. The van der Waals surface area contributed by atoms with Gasteiger partial charge in [-0.15, -0.1) is 22.7 Å². The summed E-state index contributed by atoms with van der Waals surface area (Å²) < 4.78 is 7.33. The number of benzene rings is 9. The highest BCUT2D eigenvalue weighted by Crippen LogP contribution is 2.46. The van der Waals surface area contributed by atoms with E-state index in [0.29, 0.717) is 17.5 Å². The minimum absolute atomic E-state index is 0.644. The van der Waals surface area contributed by atoms with Crippen molar-refractivity contribution in [3.8, 4) is 39.9 Å². The van der Waals surface area contributed by atoms with Crippen molar-refractivity contribution < 1.29 is 0 Å². The van der Waals surface area contributed by atoms with Crippen molar-refractivity contribution >= 4 is 106 Å². The van der Waals surface area contributed by atoms with Crippen molar-refractivity contribution in [2.75, 3.05) is 0 Å². The molecule has 13 aromatic rings. The number of hydrogen-bond acceptors (Lipinski definition) is 5. The lowest BCUT2D eigenvalue weighted by atomic mass is 9.98. The van der Waals surface area contributed by atoms with Crippen molar-refractivity contribution in [2.24, 2.45) is 0 Å². The molecule has 0 radical (unpaired) electrons. The lowest BCUT2D eigenvalue weighted by molar-refractivity contribution is 1.08. The fourth-order valence-electron chi connectivity index (χ4n) is 9.19. The maximum atomic E-state index is 5.53. The Morgan fingerprint density at radius 1 is 0.356 bits per heavy atom. The number of rotatable bonds is 4. The summed E-state index contributed by atoms with van der Waals surface area (Å²) in [6.07, 6.45) is 0. The van der Waals surface area contributed by atoms with Crippen molar-refractivity contribution in [1.82, 2.24) is 19.5 Å². The summed E-state index contributed by atoms with van der Waals surface area (Å²) in [5, 5.41) is 11.9. The Morgan fingerprint density at radius 3 is 1.44 bits per heavy atom. The molecule has 0 aliphatic rings. The molecule has 0 spiro atoms. The minimum Gasteiger partial charge on any atom is -0.309 e. The first-order valence-corrected chi connectivity index (χ1v) is 21.4. The third-order valence-electron chi connectivity index (χ3n) is 11.8. The van der Waals surface area contributed by atoms with Gasteiger partial charge >= 0.3 is 0 Å². The zero-order valence-electron chi connectivity index (χ0n) is 31.4. The first-order valence-electron chi connectivity index (χ1n) is 19.8. The average Bonchev–Trinajstić information content (AvgIpc) is 3.99. The molecular formula is C53H30N4S2. The molecule has 4 heterocycles. The minimum atomic E-state index is 0.644. The summed E-state index contributed by atoms with van der Waals surface area (Å²) in [7, 11) is 0. The van der Waals surface area contributed by atoms with E-state index < -0.39 is 0 Å². The van der Waals surface area contributed by atoms with Gasteiger partial charge in [0.05, 0.1) is 11.0 Å². The third-order valence-corrected chi connectivity index (χ3v) is 14.2. The lowest BCUT2D eigenvalue weighted by Gasteiger charge is -2.13. The molecule has 13 rings (SSSR count). The van der Waals surface area contributed by atoms with E-state index in [1.54, 1.807) is 0 Å². The van der Waals surface area contributed by atoms with Crippen LogP contribution in [-0.2, 0) is 0 Å². The van der Waals surface area contributed by atoms with Crippen LogP contribution >= 0.6 is 22.7 Å². The standard InChI is InChI=1S/C53H30N4S2/c1-2-16-34(17-3-1)57-43-23-11-8-20-37(43)40-30-33(26-27-44(40)57)51-54-52(41-28-31-14-4-6-18-35(31)49-47(41)38-21-9-12-24-45(38)58-49)56-53(55-51)42-29-32-15-5-7-19-36(32)50-48(42)39-22-10-13-25-46(39)59-50/h1-30H. The molecule has 9 aromatic carbocycles. The number of aromatic nitrogens is 4. The molecule has 0 atom stereocenters. The van der Waals surface area contributed by atoms with Crippen LogP contribution in [0.15, 0.2) is 182 Å². The summed E-state index contributed by atoms with van der Waals surface area (Å²) >= 11 is 3.68. The van der Waals surface area contributed by atoms with Gasteiger partial charge in [-0.1, -0.05) is 121 Å². The van der Waals surface area contributed by atoms with E-state index in [1.165, 1.54) is 56.5 Å². The molecule has 6 heteroatoms. The van der Waals surface area contributed by atoms with E-state index in [-0.39, 0.29) is 0 Å². The van der Waals surface area contributed by atoms with Crippen LogP contribution in [0.2, 0.25) is 0 Å². The van der Waals surface area contributed by atoms with Crippen LogP contribution in [0.25, 0.3) is 124 Å². The van der Waals surface area contributed by atoms with Gasteiger partial charge in [0.15, 0.2) is 17.5 Å². The molecule has 0 fully saturated rings. The Labute approximate surface area is 345 Å². The van der Waals surface area contributed by atoms with E-state index in [0.717, 1.165) is 49.6 Å². The summed E-state index contributed by atoms with van der Waals surface area (Å²) in [6, 6.07) is 65.3. The molecule has 0 aliphatic carbocycles. The largest absolute Gasteiger partial charge is 0.309 e. The monoisotopic (exact) mass is 786 g/mol. The van der Waals surface area contributed by atoms with Gasteiger partial charge in [-0.05, 0) is 82.2 Å². The van der Waals surface area contributed by atoms with Crippen LogP contribution in [0.3, 0.4) is 0 Å². The quantitative estimate of drug-likeness (QED) is 0.178. The fraction of sp³-hybridized carbons (Fsp3) is 0. The molecule has 0 unspecified atom stereocenters. The zero-order valence-corrected chi connectivity index (χ0v) is 33.1. The summed E-state index contributed by atoms with van der Waals surface area (Å²) in [6.45, 7) is 0. The molecular weight excluding hydrogens is 757 g/mol. The maximum Gasteiger partial charge on any atom is 0.164 e. The summed E-state index contributed by atoms with van der Waals surface area (Å²) in [4.78, 5) is 16.5. The highest BCUT2D eigenvalue weighted by atomic mass is 32.1. The average molecular weight is 787 g/mol. The summed E-state index contributed by atoms with van der Waals surface area (Å²) in [5.41, 5.74) is 6.39. The van der Waals surface area contributed by atoms with E-state index in [9.17, 15) is 0 Å². The molecule has 0 amide bonds. The molecule has 0 N–H and O–H groups in total. The van der Waals surface area contributed by atoms with Crippen LogP contribution in [0.1, 0.15) is 0 Å². The number of nitrogens with zero attached hydrogens (tertiary/aromatic N) is 4. The molecule has 0 bridgehead atoms. The third kappa shape index (κ3) is 4.91. The predicted molar refractivity (Wildman–Crippen MR) is 251 cm³/mol. The van der Waals surface area contributed by atoms with Crippen LogP contribution < -0.4 is 0 Å². The summed E-state index contributed by atoms with van der Waals surface area (Å²) in [5.74, 6) is 1.97. The molecule has 0 saturated heterocycles. The maximum absolute atomic E-state index is 5.53. The second-order valence-electron chi connectivity index (χ2n) is 15.1. The molecule has 0 aliphatic heterocycles. The Bertz CT molecular complexity index is 3690.